The van der Waals surface area contributed by atoms with Crippen molar-refractivity contribution in [3.8, 4) is 17.1 Å². The Hall–Kier alpha value is -3.10. The molecule has 0 spiro atoms. The van der Waals surface area contributed by atoms with E-state index in [1.54, 1.807) is 38.6 Å². The number of halogens is 1. The van der Waals surface area contributed by atoms with Crippen LogP contribution in [-0.2, 0) is 16.5 Å². The van der Waals surface area contributed by atoms with Crippen LogP contribution >= 0.6 is 0 Å². The molecule has 0 aromatic carbocycles. The summed E-state index contributed by atoms with van der Waals surface area (Å²) < 4.78 is 31.9. The molecule has 0 radical (unpaired) electrons. The molecular weight excluding hydrogens is 381 g/mol. The van der Waals surface area contributed by atoms with Gasteiger partial charge in [-0.05, 0) is 26.8 Å². The average Bonchev–Trinajstić information content (AvgIpc) is 2.97. The number of hydrogen-bond donors (Lipinski definition) is 0. The molecule has 1 aliphatic rings. The van der Waals surface area contributed by atoms with Crippen LogP contribution in [0.4, 0.5) is 9.18 Å². The minimum Gasteiger partial charge on any atom is -0.485 e. The zero-order valence-electron chi connectivity index (χ0n) is 17.1. The first-order chi connectivity index (χ1) is 13.6. The van der Waals surface area contributed by atoms with Crippen LogP contribution in [0.15, 0.2) is 24.5 Å². The number of esters is 1. The highest BCUT2D eigenvalue weighted by Crippen LogP contribution is 2.27. The van der Waals surface area contributed by atoms with E-state index in [0.717, 1.165) is 0 Å². The molecule has 9 heteroatoms. The third kappa shape index (κ3) is 4.67. The van der Waals surface area contributed by atoms with E-state index in [4.69, 9.17) is 9.47 Å². The molecule has 1 fully saturated rings. The third-order valence-corrected chi connectivity index (χ3v) is 4.29. The van der Waals surface area contributed by atoms with Crippen molar-refractivity contribution in [3.63, 3.8) is 0 Å². The number of carbonyl (C=O) groups is 2. The predicted molar refractivity (Wildman–Crippen MR) is 102 cm³/mol. The zero-order chi connectivity index (χ0) is 21.3. The number of methoxy groups -OCH3 is 1. The molecule has 3 heterocycles. The highest BCUT2D eigenvalue weighted by atomic mass is 19.1. The van der Waals surface area contributed by atoms with Crippen LogP contribution in [0.3, 0.4) is 0 Å². The Balaban J connectivity index is 1.64. The second-order valence-electron chi connectivity index (χ2n) is 7.84. The molecule has 0 saturated carbocycles. The Labute approximate surface area is 168 Å². The van der Waals surface area contributed by atoms with E-state index in [2.05, 4.69) is 9.72 Å². The third-order valence-electron chi connectivity index (χ3n) is 4.29. The van der Waals surface area contributed by atoms with Crippen molar-refractivity contribution in [1.29, 1.82) is 0 Å². The lowest BCUT2D eigenvalue weighted by molar-refractivity contribution is -0.0222. The van der Waals surface area contributed by atoms with Crippen LogP contribution in [-0.4, -0.2) is 58.4 Å². The lowest BCUT2D eigenvalue weighted by Crippen LogP contribution is -2.57. The number of pyridine rings is 1. The molecule has 8 nitrogen and oxygen atoms in total. The first-order valence-electron chi connectivity index (χ1n) is 9.12. The number of amides is 1. The first-order valence-corrected chi connectivity index (χ1v) is 9.12. The SMILES string of the molecule is COC(=O)c1cc(-c2ncc(OC3CN(C(=O)OC(C)(C)C)C3)cc2F)n(C)c1. The number of likely N-dealkylation sites (tertiary alicyclic amines) is 1. The standard InChI is InChI=1S/C20H24FN3O5/c1-20(2,3)29-19(26)24-10-14(11-24)28-13-7-15(21)17(22-8-13)16-6-12(9-23(16)4)18(25)27-5/h6-9,14H,10-11H2,1-5H3. The number of nitrogens with zero attached hydrogens (tertiary/aromatic N) is 3. The van der Waals surface area contributed by atoms with Gasteiger partial charge in [0, 0.05) is 19.3 Å². The number of ether oxygens (including phenoxy) is 3. The molecule has 2 aromatic heterocycles. The van der Waals surface area contributed by atoms with Crippen LogP contribution in [0, 0.1) is 5.82 Å². The van der Waals surface area contributed by atoms with Gasteiger partial charge in [0.2, 0.25) is 0 Å². The van der Waals surface area contributed by atoms with Gasteiger partial charge in [0.05, 0.1) is 37.7 Å². The molecule has 0 atom stereocenters. The maximum absolute atomic E-state index is 14.6. The van der Waals surface area contributed by atoms with Crippen LogP contribution in [0.5, 0.6) is 5.75 Å². The number of rotatable bonds is 4. The van der Waals surface area contributed by atoms with Crippen molar-refractivity contribution in [2.24, 2.45) is 7.05 Å². The Bertz CT molecular complexity index is 929. The van der Waals surface area contributed by atoms with E-state index >= 15 is 0 Å². The smallest absolute Gasteiger partial charge is 0.410 e. The Morgan fingerprint density at radius 3 is 2.52 bits per heavy atom. The summed E-state index contributed by atoms with van der Waals surface area (Å²) in [4.78, 5) is 29.3. The van der Waals surface area contributed by atoms with Gasteiger partial charge in [-0.2, -0.15) is 0 Å². The van der Waals surface area contributed by atoms with E-state index in [0.29, 0.717) is 24.3 Å². The van der Waals surface area contributed by atoms with Crippen LogP contribution in [0.1, 0.15) is 31.1 Å². The predicted octanol–water partition coefficient (Wildman–Crippen LogP) is 3.01. The van der Waals surface area contributed by atoms with E-state index in [-0.39, 0.29) is 17.5 Å². The van der Waals surface area contributed by atoms with Crippen LogP contribution < -0.4 is 4.74 Å². The monoisotopic (exact) mass is 405 g/mol. The number of hydrogen-bond acceptors (Lipinski definition) is 6. The molecule has 1 saturated heterocycles. The summed E-state index contributed by atoms with van der Waals surface area (Å²) in [5.41, 5.74) is 0.285. The van der Waals surface area contributed by atoms with E-state index in [1.807, 2.05) is 0 Å². The summed E-state index contributed by atoms with van der Waals surface area (Å²) in [5.74, 6) is -0.822. The number of aryl methyl sites for hydroxylation is 1. The van der Waals surface area contributed by atoms with Crippen molar-refractivity contribution < 1.29 is 28.2 Å². The van der Waals surface area contributed by atoms with Gasteiger partial charge in [-0.1, -0.05) is 0 Å². The minimum atomic E-state index is -0.580. The molecule has 3 rings (SSSR count). The molecule has 0 N–H and O–H groups in total. The van der Waals surface area contributed by atoms with Gasteiger partial charge < -0.3 is 23.7 Å². The van der Waals surface area contributed by atoms with Crippen molar-refractivity contribution in [2.45, 2.75) is 32.5 Å². The van der Waals surface area contributed by atoms with Gasteiger partial charge in [-0.25, -0.2) is 19.0 Å². The van der Waals surface area contributed by atoms with Crippen molar-refractivity contribution >= 4 is 12.1 Å². The maximum atomic E-state index is 14.6. The van der Waals surface area contributed by atoms with Crippen molar-refractivity contribution in [3.05, 3.63) is 35.9 Å². The second-order valence-corrected chi connectivity index (χ2v) is 7.84. The summed E-state index contributed by atoms with van der Waals surface area (Å²) >= 11 is 0. The molecule has 156 valence electrons. The average molecular weight is 405 g/mol. The first kappa shape index (κ1) is 20.6. The quantitative estimate of drug-likeness (QED) is 0.728. The Morgan fingerprint density at radius 2 is 1.93 bits per heavy atom. The Kier molecular flexibility index (Phi) is 5.50. The van der Waals surface area contributed by atoms with Crippen LogP contribution in [0.2, 0.25) is 0 Å². The zero-order valence-corrected chi connectivity index (χ0v) is 17.1. The molecule has 0 aliphatic carbocycles. The fourth-order valence-electron chi connectivity index (χ4n) is 2.88. The topological polar surface area (TPSA) is 82.9 Å². The molecule has 1 aliphatic heterocycles. The minimum absolute atomic E-state index is 0.0963. The Morgan fingerprint density at radius 1 is 1.24 bits per heavy atom. The van der Waals surface area contributed by atoms with Gasteiger partial charge in [0.25, 0.3) is 0 Å². The summed E-state index contributed by atoms with van der Waals surface area (Å²) in [7, 11) is 2.97. The highest BCUT2D eigenvalue weighted by Gasteiger charge is 2.35. The summed E-state index contributed by atoms with van der Waals surface area (Å²) in [6.45, 7) is 6.12. The van der Waals surface area contributed by atoms with E-state index in [9.17, 15) is 14.0 Å². The molecule has 2 aromatic rings. The highest BCUT2D eigenvalue weighted by molar-refractivity contribution is 5.90. The van der Waals surface area contributed by atoms with Crippen LogP contribution in [0.25, 0.3) is 11.4 Å². The lowest BCUT2D eigenvalue weighted by atomic mass is 10.1. The fraction of sp³-hybridized carbons (Fsp3) is 0.450. The molecule has 0 bridgehead atoms. The fourth-order valence-corrected chi connectivity index (χ4v) is 2.88. The van der Waals surface area contributed by atoms with Gasteiger partial charge in [-0.15, -0.1) is 0 Å². The van der Waals surface area contributed by atoms with Gasteiger partial charge in [0.1, 0.15) is 23.1 Å². The molecular formula is C20H24FN3O5. The molecule has 1 amide bonds. The van der Waals surface area contributed by atoms with Gasteiger partial charge in [0.15, 0.2) is 5.82 Å². The number of carbonyl (C=O) groups excluding carboxylic acids is 2. The summed E-state index contributed by atoms with van der Waals surface area (Å²) in [6, 6.07) is 2.76. The van der Waals surface area contributed by atoms with Crippen molar-refractivity contribution in [2.75, 3.05) is 20.2 Å². The van der Waals surface area contributed by atoms with Crippen molar-refractivity contribution in [1.82, 2.24) is 14.5 Å². The maximum Gasteiger partial charge on any atom is 0.410 e. The van der Waals surface area contributed by atoms with Gasteiger partial charge in [-0.3, -0.25) is 0 Å². The molecule has 0 unspecified atom stereocenters. The molecule has 29 heavy (non-hydrogen) atoms. The van der Waals surface area contributed by atoms with E-state index in [1.165, 1.54) is 30.3 Å². The summed E-state index contributed by atoms with van der Waals surface area (Å²) in [5, 5.41) is 0. The summed E-state index contributed by atoms with van der Waals surface area (Å²) in [6.07, 6.45) is 2.31. The largest absolute Gasteiger partial charge is 0.485 e. The normalized spacial score (nSPS) is 14.3. The lowest BCUT2D eigenvalue weighted by Gasteiger charge is -2.39. The number of aromatic nitrogens is 2. The van der Waals surface area contributed by atoms with Gasteiger partial charge >= 0.3 is 12.1 Å². The second kappa shape index (κ2) is 7.73. The van der Waals surface area contributed by atoms with E-state index < -0.39 is 23.5 Å².